The first-order valence-corrected chi connectivity index (χ1v) is 6.46. The molecule has 0 aliphatic carbocycles. The average molecular weight is 255 g/mol. The number of aryl methyl sites for hydroxylation is 2. The van der Waals surface area contributed by atoms with Crippen LogP contribution in [0.5, 0.6) is 5.88 Å². The summed E-state index contributed by atoms with van der Waals surface area (Å²) in [4.78, 5) is 0. The van der Waals surface area contributed by atoms with Crippen molar-refractivity contribution < 1.29 is 9.84 Å². The molecule has 1 heterocycles. The molecule has 0 radical (unpaired) electrons. The SMILES string of the molecule is CCC(C)C(O)CNCc1c(C)nn(C)c1OC. The molecule has 5 nitrogen and oxygen atoms in total. The Morgan fingerprint density at radius 3 is 2.72 bits per heavy atom. The summed E-state index contributed by atoms with van der Waals surface area (Å²) < 4.78 is 7.05. The first kappa shape index (κ1) is 15.0. The second kappa shape index (κ2) is 6.75. The molecule has 2 atom stereocenters. The van der Waals surface area contributed by atoms with Crippen molar-refractivity contribution in [3.63, 3.8) is 0 Å². The third-order valence-corrected chi connectivity index (χ3v) is 3.44. The van der Waals surface area contributed by atoms with Gasteiger partial charge in [-0.2, -0.15) is 5.10 Å². The van der Waals surface area contributed by atoms with E-state index in [4.69, 9.17) is 4.74 Å². The Balaban J connectivity index is 2.54. The molecule has 0 saturated heterocycles. The number of rotatable bonds is 7. The normalized spacial score (nSPS) is 14.6. The van der Waals surface area contributed by atoms with Crippen LogP contribution >= 0.6 is 0 Å². The number of ether oxygens (including phenoxy) is 1. The minimum atomic E-state index is -0.307. The molecule has 18 heavy (non-hydrogen) atoms. The maximum atomic E-state index is 9.88. The highest BCUT2D eigenvalue weighted by atomic mass is 16.5. The maximum absolute atomic E-state index is 9.88. The highest BCUT2D eigenvalue weighted by Crippen LogP contribution is 2.20. The molecule has 2 unspecified atom stereocenters. The van der Waals surface area contributed by atoms with E-state index in [1.54, 1.807) is 11.8 Å². The highest BCUT2D eigenvalue weighted by Gasteiger charge is 2.15. The van der Waals surface area contributed by atoms with Crippen molar-refractivity contribution in [2.45, 2.75) is 39.8 Å². The molecular weight excluding hydrogens is 230 g/mol. The number of methoxy groups -OCH3 is 1. The molecule has 5 heteroatoms. The number of hydrogen-bond donors (Lipinski definition) is 2. The summed E-state index contributed by atoms with van der Waals surface area (Å²) in [7, 11) is 3.51. The molecule has 0 aliphatic rings. The molecule has 0 aliphatic heterocycles. The number of aromatic nitrogens is 2. The molecule has 104 valence electrons. The molecule has 1 rings (SSSR count). The van der Waals surface area contributed by atoms with Crippen LogP contribution in [0.4, 0.5) is 0 Å². The third kappa shape index (κ3) is 3.46. The Bertz CT molecular complexity index is 377. The zero-order chi connectivity index (χ0) is 13.7. The van der Waals surface area contributed by atoms with Gasteiger partial charge in [0.15, 0.2) is 0 Å². The second-order valence-electron chi connectivity index (χ2n) is 4.78. The van der Waals surface area contributed by atoms with Crippen LogP contribution in [0.2, 0.25) is 0 Å². The first-order valence-electron chi connectivity index (χ1n) is 6.46. The summed E-state index contributed by atoms with van der Waals surface area (Å²) in [6.45, 7) is 7.36. The topological polar surface area (TPSA) is 59.3 Å². The molecular formula is C13H25N3O2. The lowest BCUT2D eigenvalue weighted by molar-refractivity contribution is 0.112. The smallest absolute Gasteiger partial charge is 0.216 e. The summed E-state index contributed by atoms with van der Waals surface area (Å²) in [6, 6.07) is 0. The fourth-order valence-electron chi connectivity index (χ4n) is 1.96. The Morgan fingerprint density at radius 1 is 1.50 bits per heavy atom. The van der Waals surface area contributed by atoms with Crippen LogP contribution in [-0.4, -0.2) is 34.6 Å². The zero-order valence-electron chi connectivity index (χ0n) is 12.0. The Labute approximate surface area is 109 Å². The lowest BCUT2D eigenvalue weighted by Gasteiger charge is -2.17. The van der Waals surface area contributed by atoms with Crippen molar-refractivity contribution in [3.05, 3.63) is 11.3 Å². The highest BCUT2D eigenvalue weighted by molar-refractivity contribution is 5.30. The van der Waals surface area contributed by atoms with Crippen molar-refractivity contribution in [3.8, 4) is 5.88 Å². The van der Waals surface area contributed by atoms with Crippen LogP contribution in [0.3, 0.4) is 0 Å². The van der Waals surface area contributed by atoms with Crippen molar-refractivity contribution in [2.75, 3.05) is 13.7 Å². The number of nitrogens with one attached hydrogen (secondary N) is 1. The van der Waals surface area contributed by atoms with E-state index < -0.39 is 0 Å². The van der Waals surface area contributed by atoms with Gasteiger partial charge in [-0.15, -0.1) is 0 Å². The van der Waals surface area contributed by atoms with Gasteiger partial charge in [0.05, 0.1) is 24.5 Å². The van der Waals surface area contributed by atoms with E-state index in [9.17, 15) is 5.11 Å². The van der Waals surface area contributed by atoms with Crippen LogP contribution in [0.25, 0.3) is 0 Å². The molecule has 1 aromatic heterocycles. The number of nitrogens with zero attached hydrogens (tertiary/aromatic N) is 2. The molecule has 0 aromatic carbocycles. The fourth-order valence-corrected chi connectivity index (χ4v) is 1.96. The molecule has 1 aromatic rings. The monoisotopic (exact) mass is 255 g/mol. The largest absolute Gasteiger partial charge is 0.481 e. The summed E-state index contributed by atoms with van der Waals surface area (Å²) in [6.07, 6.45) is 0.677. The van der Waals surface area contributed by atoms with Crippen molar-refractivity contribution in [1.29, 1.82) is 0 Å². The number of hydrogen-bond acceptors (Lipinski definition) is 4. The predicted octanol–water partition coefficient (Wildman–Crippen LogP) is 1.23. The van der Waals surface area contributed by atoms with E-state index in [-0.39, 0.29) is 6.10 Å². The van der Waals surface area contributed by atoms with E-state index in [0.29, 0.717) is 19.0 Å². The summed E-state index contributed by atoms with van der Waals surface area (Å²) in [5.41, 5.74) is 2.01. The standard InChI is InChI=1S/C13H25N3O2/c1-6-9(2)12(17)8-14-7-11-10(3)15-16(4)13(11)18-5/h9,12,14,17H,6-8H2,1-5H3. The predicted molar refractivity (Wildman–Crippen MR) is 71.7 cm³/mol. The van der Waals surface area contributed by atoms with Crippen LogP contribution in [0.1, 0.15) is 31.5 Å². The lowest BCUT2D eigenvalue weighted by Crippen LogP contribution is -2.31. The van der Waals surface area contributed by atoms with Gasteiger partial charge in [0.1, 0.15) is 0 Å². The van der Waals surface area contributed by atoms with E-state index in [0.717, 1.165) is 23.6 Å². The van der Waals surface area contributed by atoms with Gasteiger partial charge >= 0.3 is 0 Å². The van der Waals surface area contributed by atoms with Gasteiger partial charge in [0.2, 0.25) is 5.88 Å². The lowest BCUT2D eigenvalue weighted by atomic mass is 10.0. The van der Waals surface area contributed by atoms with E-state index in [1.165, 1.54) is 0 Å². The fraction of sp³-hybridized carbons (Fsp3) is 0.769. The minimum absolute atomic E-state index is 0.307. The summed E-state index contributed by atoms with van der Waals surface area (Å²) >= 11 is 0. The van der Waals surface area contributed by atoms with Crippen LogP contribution < -0.4 is 10.1 Å². The number of aliphatic hydroxyl groups excluding tert-OH is 1. The second-order valence-corrected chi connectivity index (χ2v) is 4.78. The minimum Gasteiger partial charge on any atom is -0.481 e. The molecule has 0 spiro atoms. The average Bonchev–Trinajstić information content (AvgIpc) is 2.62. The Hall–Kier alpha value is -1.07. The number of aliphatic hydroxyl groups is 1. The third-order valence-electron chi connectivity index (χ3n) is 3.44. The van der Waals surface area contributed by atoms with Gasteiger partial charge in [-0.05, 0) is 12.8 Å². The Morgan fingerprint density at radius 2 is 2.17 bits per heavy atom. The summed E-state index contributed by atoms with van der Waals surface area (Å²) in [5, 5.41) is 17.5. The van der Waals surface area contributed by atoms with E-state index in [2.05, 4.69) is 24.3 Å². The van der Waals surface area contributed by atoms with Crippen LogP contribution in [-0.2, 0) is 13.6 Å². The van der Waals surface area contributed by atoms with Crippen molar-refractivity contribution in [2.24, 2.45) is 13.0 Å². The van der Waals surface area contributed by atoms with E-state index in [1.807, 2.05) is 14.0 Å². The zero-order valence-corrected chi connectivity index (χ0v) is 12.0. The molecule has 0 amide bonds. The van der Waals surface area contributed by atoms with Gasteiger partial charge in [0, 0.05) is 20.1 Å². The summed E-state index contributed by atoms with van der Waals surface area (Å²) in [5.74, 6) is 1.09. The van der Waals surface area contributed by atoms with Gasteiger partial charge < -0.3 is 15.2 Å². The molecule has 0 bridgehead atoms. The Kier molecular flexibility index (Phi) is 5.62. The molecule has 2 N–H and O–H groups in total. The van der Waals surface area contributed by atoms with Gasteiger partial charge in [-0.1, -0.05) is 20.3 Å². The van der Waals surface area contributed by atoms with E-state index >= 15 is 0 Å². The van der Waals surface area contributed by atoms with Crippen molar-refractivity contribution >= 4 is 0 Å². The molecule has 0 fully saturated rings. The van der Waals surface area contributed by atoms with Gasteiger partial charge in [-0.25, -0.2) is 4.68 Å². The van der Waals surface area contributed by atoms with Crippen LogP contribution in [0.15, 0.2) is 0 Å². The molecule has 0 saturated carbocycles. The first-order chi connectivity index (χ1) is 8.51. The van der Waals surface area contributed by atoms with Crippen LogP contribution in [0, 0.1) is 12.8 Å². The van der Waals surface area contributed by atoms with Gasteiger partial charge in [-0.3, -0.25) is 0 Å². The maximum Gasteiger partial charge on any atom is 0.216 e. The van der Waals surface area contributed by atoms with Crippen molar-refractivity contribution in [1.82, 2.24) is 15.1 Å². The van der Waals surface area contributed by atoms with Gasteiger partial charge in [0.25, 0.3) is 0 Å². The quantitative estimate of drug-likeness (QED) is 0.769.